The SMILES string of the molecule is COc1ccc(CN(C(=O)CCC2CCNCC2)C2CCS(=O)(=O)C2)cc1. The lowest BCUT2D eigenvalue weighted by atomic mass is 9.93. The first kappa shape index (κ1) is 20.1. The normalized spacial score (nSPS) is 22.5. The molecular formula is C20H30N2O4S. The van der Waals surface area contributed by atoms with Crippen LogP contribution in [0.3, 0.4) is 0 Å². The quantitative estimate of drug-likeness (QED) is 0.765. The predicted octanol–water partition coefficient (Wildman–Crippen LogP) is 1.99. The zero-order valence-corrected chi connectivity index (χ0v) is 16.8. The van der Waals surface area contributed by atoms with Gasteiger partial charge in [0.25, 0.3) is 0 Å². The van der Waals surface area contributed by atoms with E-state index < -0.39 is 9.84 Å². The Morgan fingerprint density at radius 3 is 2.48 bits per heavy atom. The number of carbonyl (C=O) groups is 1. The lowest BCUT2D eigenvalue weighted by Gasteiger charge is -2.30. The van der Waals surface area contributed by atoms with Crippen molar-refractivity contribution in [1.29, 1.82) is 0 Å². The molecule has 2 heterocycles. The summed E-state index contributed by atoms with van der Waals surface area (Å²) in [7, 11) is -1.41. The van der Waals surface area contributed by atoms with Crippen LogP contribution in [0.1, 0.15) is 37.7 Å². The van der Waals surface area contributed by atoms with Gasteiger partial charge in [0.2, 0.25) is 5.91 Å². The van der Waals surface area contributed by atoms with E-state index >= 15 is 0 Å². The Labute approximate surface area is 162 Å². The average molecular weight is 395 g/mol. The van der Waals surface area contributed by atoms with Gasteiger partial charge >= 0.3 is 0 Å². The van der Waals surface area contributed by atoms with E-state index in [0.717, 1.165) is 43.7 Å². The first-order valence-electron chi connectivity index (χ1n) is 9.80. The van der Waals surface area contributed by atoms with Gasteiger partial charge in [0.1, 0.15) is 5.75 Å². The molecule has 7 heteroatoms. The van der Waals surface area contributed by atoms with Gasteiger partial charge in [0.15, 0.2) is 9.84 Å². The second kappa shape index (κ2) is 9.06. The summed E-state index contributed by atoms with van der Waals surface area (Å²) < 4.78 is 29.1. The van der Waals surface area contributed by atoms with E-state index in [4.69, 9.17) is 4.74 Å². The highest BCUT2D eigenvalue weighted by molar-refractivity contribution is 7.91. The van der Waals surface area contributed by atoms with Gasteiger partial charge in [0.05, 0.1) is 18.6 Å². The van der Waals surface area contributed by atoms with Crippen molar-refractivity contribution in [3.05, 3.63) is 29.8 Å². The molecule has 1 aromatic carbocycles. The molecule has 1 unspecified atom stereocenters. The number of carbonyl (C=O) groups excluding carboxylic acids is 1. The number of hydrogen-bond acceptors (Lipinski definition) is 5. The number of hydrogen-bond donors (Lipinski definition) is 1. The van der Waals surface area contributed by atoms with Crippen LogP contribution in [0.5, 0.6) is 5.75 Å². The van der Waals surface area contributed by atoms with Crippen molar-refractivity contribution in [2.45, 2.75) is 44.7 Å². The van der Waals surface area contributed by atoms with Crippen molar-refractivity contribution in [2.75, 3.05) is 31.7 Å². The Morgan fingerprint density at radius 2 is 1.89 bits per heavy atom. The molecule has 27 heavy (non-hydrogen) atoms. The predicted molar refractivity (Wildman–Crippen MR) is 105 cm³/mol. The van der Waals surface area contributed by atoms with E-state index in [1.165, 1.54) is 0 Å². The standard InChI is InChI=1S/C20H30N2O4S/c1-26-19-5-2-17(3-6-19)14-22(18-10-13-27(24,25)15-18)20(23)7-4-16-8-11-21-12-9-16/h2-3,5-6,16,18,21H,4,7-15H2,1H3. The molecule has 0 saturated carbocycles. The van der Waals surface area contributed by atoms with Gasteiger partial charge < -0.3 is 15.0 Å². The van der Waals surface area contributed by atoms with Crippen molar-refractivity contribution in [2.24, 2.45) is 5.92 Å². The number of rotatable bonds is 7. The molecule has 2 aliphatic heterocycles. The Morgan fingerprint density at radius 1 is 1.19 bits per heavy atom. The van der Waals surface area contributed by atoms with Gasteiger partial charge in [-0.05, 0) is 62.4 Å². The van der Waals surface area contributed by atoms with Gasteiger partial charge in [-0.25, -0.2) is 8.42 Å². The molecule has 0 aromatic heterocycles. The number of methoxy groups -OCH3 is 1. The first-order chi connectivity index (χ1) is 13.0. The van der Waals surface area contributed by atoms with Gasteiger partial charge in [-0.2, -0.15) is 0 Å². The van der Waals surface area contributed by atoms with E-state index in [1.807, 2.05) is 24.3 Å². The van der Waals surface area contributed by atoms with Gasteiger partial charge in [-0.3, -0.25) is 4.79 Å². The summed E-state index contributed by atoms with van der Waals surface area (Å²) >= 11 is 0. The molecule has 0 spiro atoms. The van der Waals surface area contributed by atoms with Crippen LogP contribution in [0.2, 0.25) is 0 Å². The monoisotopic (exact) mass is 394 g/mol. The van der Waals surface area contributed by atoms with Crippen LogP contribution in [0.25, 0.3) is 0 Å². The zero-order chi connectivity index (χ0) is 19.3. The fraction of sp³-hybridized carbons (Fsp3) is 0.650. The molecule has 6 nitrogen and oxygen atoms in total. The molecule has 150 valence electrons. The van der Waals surface area contributed by atoms with Crippen LogP contribution in [0, 0.1) is 5.92 Å². The molecule has 0 aliphatic carbocycles. The minimum Gasteiger partial charge on any atom is -0.497 e. The van der Waals surface area contributed by atoms with Crippen LogP contribution in [-0.4, -0.2) is 57.0 Å². The van der Waals surface area contributed by atoms with Gasteiger partial charge in [0, 0.05) is 19.0 Å². The third-order valence-electron chi connectivity index (χ3n) is 5.71. The first-order valence-corrected chi connectivity index (χ1v) is 11.6. The van der Waals surface area contributed by atoms with E-state index in [1.54, 1.807) is 12.0 Å². The number of sulfone groups is 1. The molecule has 2 fully saturated rings. The van der Waals surface area contributed by atoms with E-state index in [2.05, 4.69) is 5.32 Å². The summed E-state index contributed by atoms with van der Waals surface area (Å²) in [4.78, 5) is 14.8. The molecule has 2 saturated heterocycles. The average Bonchev–Trinajstić information content (AvgIpc) is 3.05. The van der Waals surface area contributed by atoms with Crippen molar-refractivity contribution in [1.82, 2.24) is 10.2 Å². The third-order valence-corrected chi connectivity index (χ3v) is 7.46. The van der Waals surface area contributed by atoms with Crippen LogP contribution in [-0.2, 0) is 21.2 Å². The number of piperidine rings is 1. The topological polar surface area (TPSA) is 75.7 Å². The van der Waals surface area contributed by atoms with E-state index in [-0.39, 0.29) is 23.5 Å². The number of nitrogens with zero attached hydrogens (tertiary/aromatic N) is 1. The Kier molecular flexibility index (Phi) is 6.76. The number of amides is 1. The maximum atomic E-state index is 13.0. The highest BCUT2D eigenvalue weighted by Gasteiger charge is 2.34. The number of benzene rings is 1. The zero-order valence-electron chi connectivity index (χ0n) is 16.0. The fourth-order valence-electron chi connectivity index (χ4n) is 4.01. The lowest BCUT2D eigenvalue weighted by molar-refractivity contribution is -0.134. The smallest absolute Gasteiger partial charge is 0.223 e. The molecule has 0 radical (unpaired) electrons. The van der Waals surface area contributed by atoms with Crippen LogP contribution < -0.4 is 10.1 Å². The van der Waals surface area contributed by atoms with Crippen LogP contribution >= 0.6 is 0 Å². The summed E-state index contributed by atoms with van der Waals surface area (Å²) in [5.74, 6) is 1.70. The minimum absolute atomic E-state index is 0.0754. The molecule has 1 aromatic rings. The Hall–Kier alpha value is -1.60. The van der Waals surface area contributed by atoms with E-state index in [0.29, 0.717) is 25.3 Å². The molecular weight excluding hydrogens is 364 g/mol. The highest BCUT2D eigenvalue weighted by Crippen LogP contribution is 2.24. The highest BCUT2D eigenvalue weighted by atomic mass is 32.2. The van der Waals surface area contributed by atoms with E-state index in [9.17, 15) is 13.2 Å². The third kappa shape index (κ3) is 5.69. The number of ether oxygens (including phenoxy) is 1. The van der Waals surface area contributed by atoms with Crippen molar-refractivity contribution in [3.63, 3.8) is 0 Å². The fourth-order valence-corrected chi connectivity index (χ4v) is 5.74. The van der Waals surface area contributed by atoms with Gasteiger partial charge in [-0.1, -0.05) is 12.1 Å². The molecule has 2 aliphatic rings. The van der Waals surface area contributed by atoms with Crippen molar-refractivity contribution < 1.29 is 17.9 Å². The second-order valence-corrected chi connectivity index (χ2v) is 9.89. The summed E-state index contributed by atoms with van der Waals surface area (Å²) in [6, 6.07) is 7.42. The molecule has 1 amide bonds. The minimum atomic E-state index is -3.03. The van der Waals surface area contributed by atoms with Crippen molar-refractivity contribution >= 4 is 15.7 Å². The summed E-state index contributed by atoms with van der Waals surface area (Å²) in [6.45, 7) is 2.50. The summed E-state index contributed by atoms with van der Waals surface area (Å²) in [6.07, 6.45) is 4.15. The summed E-state index contributed by atoms with van der Waals surface area (Å²) in [5, 5.41) is 3.35. The van der Waals surface area contributed by atoms with Crippen molar-refractivity contribution in [3.8, 4) is 5.75 Å². The Bertz CT molecular complexity index is 727. The van der Waals surface area contributed by atoms with Gasteiger partial charge in [-0.15, -0.1) is 0 Å². The lowest BCUT2D eigenvalue weighted by Crippen LogP contribution is -2.41. The van der Waals surface area contributed by atoms with Crippen LogP contribution in [0.4, 0.5) is 0 Å². The molecule has 1 atom stereocenters. The largest absolute Gasteiger partial charge is 0.497 e. The molecule has 1 N–H and O–H groups in total. The maximum Gasteiger partial charge on any atom is 0.223 e. The second-order valence-electron chi connectivity index (χ2n) is 7.66. The molecule has 0 bridgehead atoms. The summed E-state index contributed by atoms with van der Waals surface area (Å²) in [5.41, 5.74) is 0.996. The van der Waals surface area contributed by atoms with Crippen LogP contribution in [0.15, 0.2) is 24.3 Å². The molecule has 3 rings (SSSR count). The Balaban J connectivity index is 1.67. The maximum absolute atomic E-state index is 13.0. The number of nitrogens with one attached hydrogen (secondary N) is 1.